The van der Waals surface area contributed by atoms with Crippen molar-refractivity contribution in [3.8, 4) is 0 Å². The van der Waals surface area contributed by atoms with Crippen LogP contribution >= 0.6 is 0 Å². The van der Waals surface area contributed by atoms with E-state index >= 15 is 0 Å². The maximum Gasteiger partial charge on any atom is 0.186 e. The maximum atomic E-state index is 9.81. The molecule has 2 heterocycles. The van der Waals surface area contributed by atoms with Crippen LogP contribution in [-0.4, -0.2) is 53.5 Å². The number of epoxide rings is 1. The van der Waals surface area contributed by atoms with Crippen LogP contribution in [0.5, 0.6) is 0 Å². The Hall–Kier alpha value is -0.120. The summed E-state index contributed by atoms with van der Waals surface area (Å²) in [5, 5.41) is 9.81. The molecule has 1 N–H and O–H groups in total. The third-order valence-corrected chi connectivity index (χ3v) is 4.89. The average Bonchev–Trinajstić information content (AvgIpc) is 2.97. The van der Waals surface area contributed by atoms with Crippen molar-refractivity contribution in [3.63, 3.8) is 0 Å². The van der Waals surface area contributed by atoms with E-state index in [4.69, 9.17) is 8.85 Å². The number of ether oxygens (including phenoxy) is 1. The molecule has 3 heteroatoms. The number of hydrogen-bond donors (Lipinski definition) is 1. The lowest BCUT2D eigenvalue weighted by molar-refractivity contribution is -0.805. The van der Waals surface area contributed by atoms with Crippen molar-refractivity contribution in [2.24, 2.45) is 5.92 Å². The smallest absolute Gasteiger partial charge is 0.186 e. The second-order valence-electron chi connectivity index (χ2n) is 5.23. The molecule has 2 aliphatic carbocycles. The van der Waals surface area contributed by atoms with E-state index < -0.39 is 6.98 Å². The Labute approximate surface area is 82.1 Å². The standard InChI is InChI=1S/C10H16NO2/c1-11(2)7-4-5(12)3-6-8-9(13-8)10(6,7)11/h5-9,12H,3-4H2,1-2H3/q+1/i1D3. The van der Waals surface area contributed by atoms with Crippen molar-refractivity contribution in [2.75, 3.05) is 14.0 Å². The van der Waals surface area contributed by atoms with Gasteiger partial charge in [-0.25, -0.2) is 0 Å². The van der Waals surface area contributed by atoms with Gasteiger partial charge in [0, 0.05) is 6.42 Å². The first kappa shape index (κ1) is 5.10. The number of fused-ring (bicyclic) bond motifs is 2. The predicted octanol–water partition coefficient (Wildman–Crippen LogP) is -0.264. The van der Waals surface area contributed by atoms with Crippen LogP contribution in [0.2, 0.25) is 0 Å². The van der Waals surface area contributed by atoms with Crippen LogP contribution < -0.4 is 0 Å². The van der Waals surface area contributed by atoms with E-state index in [1.807, 2.05) is 7.05 Å². The molecule has 0 aromatic rings. The number of likely N-dealkylation sites (N-methyl/N-ethyl adjacent to an activating group) is 1. The van der Waals surface area contributed by atoms with Crippen molar-refractivity contribution < 1.29 is 18.4 Å². The fourth-order valence-electron chi connectivity index (χ4n) is 4.25. The minimum atomic E-state index is -1.98. The van der Waals surface area contributed by atoms with Gasteiger partial charge in [-0.15, -0.1) is 0 Å². The van der Waals surface area contributed by atoms with Gasteiger partial charge in [-0.2, -0.15) is 0 Å². The van der Waals surface area contributed by atoms with Gasteiger partial charge in [0.05, 0.1) is 30.2 Å². The molecule has 2 saturated heterocycles. The summed E-state index contributed by atoms with van der Waals surface area (Å²) in [4.78, 5) is 0. The molecule has 0 radical (unpaired) electrons. The first-order valence-electron chi connectivity index (χ1n) is 6.55. The van der Waals surface area contributed by atoms with E-state index in [1.54, 1.807) is 0 Å². The normalized spacial score (nSPS) is 81.7. The number of nitrogens with zero attached hydrogens (tertiary/aromatic N) is 1. The monoisotopic (exact) mass is 185 g/mol. The van der Waals surface area contributed by atoms with Gasteiger partial charge >= 0.3 is 0 Å². The summed E-state index contributed by atoms with van der Waals surface area (Å²) < 4.78 is 28.9. The second-order valence-corrected chi connectivity index (χ2v) is 5.23. The number of likely N-dealkylation sites (tertiary alicyclic amines) is 1. The van der Waals surface area contributed by atoms with E-state index in [9.17, 15) is 5.11 Å². The van der Waals surface area contributed by atoms with Gasteiger partial charge in [0.15, 0.2) is 11.6 Å². The van der Waals surface area contributed by atoms with Gasteiger partial charge in [-0.1, -0.05) is 0 Å². The minimum absolute atomic E-state index is 0.0810. The number of aliphatic hydroxyl groups is 1. The zero-order chi connectivity index (χ0) is 11.5. The quantitative estimate of drug-likeness (QED) is 0.416. The van der Waals surface area contributed by atoms with Gasteiger partial charge in [0.2, 0.25) is 0 Å². The second kappa shape index (κ2) is 1.58. The summed E-state index contributed by atoms with van der Waals surface area (Å²) in [5.74, 6) is 0.275. The van der Waals surface area contributed by atoms with Crippen molar-refractivity contribution in [3.05, 3.63) is 0 Å². The first-order chi connectivity index (χ1) is 7.35. The third kappa shape index (κ3) is 0.485. The topological polar surface area (TPSA) is 32.8 Å². The summed E-state index contributed by atoms with van der Waals surface area (Å²) in [6.07, 6.45) is 1.43. The van der Waals surface area contributed by atoms with E-state index in [2.05, 4.69) is 0 Å². The Kier molecular flexibility index (Phi) is 0.618. The first-order valence-corrected chi connectivity index (χ1v) is 5.05. The molecule has 0 amide bonds. The molecular weight excluding hydrogens is 166 g/mol. The van der Waals surface area contributed by atoms with Crippen LogP contribution in [0.15, 0.2) is 0 Å². The molecule has 2 aliphatic heterocycles. The Morgan fingerprint density at radius 1 is 1.62 bits per heavy atom. The van der Waals surface area contributed by atoms with Crippen LogP contribution in [-0.2, 0) is 4.74 Å². The van der Waals surface area contributed by atoms with Gasteiger partial charge in [-0.05, 0) is 6.42 Å². The average molecular weight is 185 g/mol. The highest BCUT2D eigenvalue weighted by atomic mass is 16.6. The third-order valence-electron chi connectivity index (χ3n) is 4.89. The zero-order valence-electron chi connectivity index (χ0n) is 10.6. The predicted molar refractivity (Wildman–Crippen MR) is 46.0 cm³/mol. The molecule has 72 valence electrons. The lowest BCUT2D eigenvalue weighted by Gasteiger charge is -2.34. The molecule has 1 spiro atoms. The molecule has 2 saturated carbocycles. The molecule has 4 aliphatic rings. The van der Waals surface area contributed by atoms with Crippen LogP contribution in [0.25, 0.3) is 0 Å². The molecule has 0 bridgehead atoms. The van der Waals surface area contributed by atoms with Crippen LogP contribution in [0, 0.1) is 5.92 Å². The molecule has 7 atom stereocenters. The van der Waals surface area contributed by atoms with E-state index in [1.165, 1.54) is 0 Å². The van der Waals surface area contributed by atoms with Gasteiger partial charge < -0.3 is 14.3 Å². The molecular formula is C10H16NO2+. The molecule has 13 heavy (non-hydrogen) atoms. The molecule has 7 unspecified atom stereocenters. The fourth-order valence-corrected chi connectivity index (χ4v) is 4.25. The molecule has 3 nitrogen and oxygen atoms in total. The Morgan fingerprint density at radius 3 is 3.23 bits per heavy atom. The highest BCUT2D eigenvalue weighted by molar-refractivity contribution is 5.33. The summed E-state index contributed by atoms with van der Waals surface area (Å²) in [5.41, 5.74) is -0.171. The van der Waals surface area contributed by atoms with Gasteiger partial charge in [0.25, 0.3) is 0 Å². The molecule has 0 aromatic heterocycles. The Balaban J connectivity index is 1.78. The van der Waals surface area contributed by atoms with Crippen molar-refractivity contribution in [1.29, 1.82) is 0 Å². The number of aliphatic hydroxyl groups excluding tert-OH is 1. The number of quaternary nitrogens is 1. The molecule has 4 rings (SSSR count). The number of hydrogen-bond acceptors (Lipinski definition) is 2. The Bertz CT molecular complexity index is 383. The summed E-state index contributed by atoms with van der Waals surface area (Å²) >= 11 is 0. The van der Waals surface area contributed by atoms with Gasteiger partial charge in [-0.3, -0.25) is 0 Å². The molecule has 4 fully saturated rings. The highest BCUT2D eigenvalue weighted by Crippen LogP contribution is 2.75. The summed E-state index contributed by atoms with van der Waals surface area (Å²) in [6, 6.07) is 0.0810. The van der Waals surface area contributed by atoms with Gasteiger partial charge in [0.1, 0.15) is 12.2 Å². The van der Waals surface area contributed by atoms with Crippen molar-refractivity contribution >= 4 is 0 Å². The zero-order valence-corrected chi connectivity index (χ0v) is 7.60. The SMILES string of the molecule is [2H]C([2H])([2H])[N+]1(C)C2CC(O)CC3C4OC4C321. The largest absolute Gasteiger partial charge is 0.393 e. The maximum absolute atomic E-state index is 9.81. The van der Waals surface area contributed by atoms with Crippen molar-refractivity contribution in [2.45, 2.75) is 42.7 Å². The van der Waals surface area contributed by atoms with Crippen LogP contribution in [0.1, 0.15) is 17.0 Å². The highest BCUT2D eigenvalue weighted by Gasteiger charge is 2.96. The molecule has 0 aromatic carbocycles. The summed E-state index contributed by atoms with van der Waals surface area (Å²) in [6.45, 7) is -1.98. The lowest BCUT2D eigenvalue weighted by atomic mass is 9.64. The lowest BCUT2D eigenvalue weighted by Crippen LogP contribution is -2.55. The van der Waals surface area contributed by atoms with E-state index in [0.29, 0.717) is 6.42 Å². The van der Waals surface area contributed by atoms with E-state index in [0.717, 1.165) is 6.42 Å². The van der Waals surface area contributed by atoms with Crippen molar-refractivity contribution in [1.82, 2.24) is 0 Å². The summed E-state index contributed by atoms with van der Waals surface area (Å²) in [7, 11) is 1.82. The van der Waals surface area contributed by atoms with E-state index in [-0.39, 0.29) is 40.3 Å². The minimum Gasteiger partial charge on any atom is -0.393 e. The fraction of sp³-hybridized carbons (Fsp3) is 1.00. The van der Waals surface area contributed by atoms with Crippen LogP contribution in [0.4, 0.5) is 0 Å². The number of rotatable bonds is 0. The van der Waals surface area contributed by atoms with Crippen LogP contribution in [0.3, 0.4) is 0 Å². The Morgan fingerprint density at radius 2 is 2.46 bits per heavy atom.